The van der Waals surface area contributed by atoms with Crippen molar-refractivity contribution >= 4 is 46.0 Å². The molecule has 34 heavy (non-hydrogen) atoms. The topological polar surface area (TPSA) is 127 Å². The van der Waals surface area contributed by atoms with Gasteiger partial charge in [-0.15, -0.1) is 11.3 Å². The number of nitrogens with zero attached hydrogens (tertiary/aromatic N) is 4. The van der Waals surface area contributed by atoms with Gasteiger partial charge in [0.25, 0.3) is 0 Å². The maximum atomic E-state index is 13.0. The number of hydrogen-bond donors (Lipinski definition) is 3. The van der Waals surface area contributed by atoms with Crippen molar-refractivity contribution < 1.29 is 19.8 Å². The lowest BCUT2D eigenvalue weighted by Gasteiger charge is -2.13. The standard InChI is InChI=1S/C24H21N5O4S/c1-12-19(23(31)29(28-12)16-10-9-14-5-3-6-15(14)11-16)27-26-18-8-4-7-17(21(18)30)22-25-20(24(32)33)13(2)34-22/h4,7-11,26,30H,3,5-6H2,1-2H3,(H,32,33)/b27-19-. The van der Waals surface area contributed by atoms with Crippen molar-refractivity contribution in [3.8, 4) is 16.3 Å². The Bertz CT molecular complexity index is 1410. The van der Waals surface area contributed by atoms with E-state index < -0.39 is 5.97 Å². The quantitative estimate of drug-likeness (QED) is 0.375. The number of carboxylic acids is 1. The first kappa shape index (κ1) is 21.8. The molecule has 0 unspecified atom stereocenters. The van der Waals surface area contributed by atoms with E-state index in [0.717, 1.165) is 19.3 Å². The van der Waals surface area contributed by atoms with Crippen LogP contribution in [-0.2, 0) is 17.6 Å². The summed E-state index contributed by atoms with van der Waals surface area (Å²) >= 11 is 1.17. The number of phenols is 1. The lowest BCUT2D eigenvalue weighted by atomic mass is 10.1. The molecular weight excluding hydrogens is 454 g/mol. The number of aromatic nitrogens is 1. The monoisotopic (exact) mass is 475 g/mol. The molecule has 1 amide bonds. The summed E-state index contributed by atoms with van der Waals surface area (Å²) in [6, 6.07) is 10.9. The van der Waals surface area contributed by atoms with E-state index in [1.165, 1.54) is 27.5 Å². The normalized spacial score (nSPS) is 16.2. The Morgan fingerprint density at radius 3 is 2.74 bits per heavy atom. The number of carboxylic acid groups (broad SMARTS) is 1. The van der Waals surface area contributed by atoms with E-state index in [1.54, 1.807) is 32.0 Å². The van der Waals surface area contributed by atoms with Gasteiger partial charge in [0.05, 0.1) is 22.6 Å². The number of anilines is 2. The maximum absolute atomic E-state index is 13.0. The second-order valence-electron chi connectivity index (χ2n) is 8.11. The summed E-state index contributed by atoms with van der Waals surface area (Å²) in [5.74, 6) is -1.63. The molecule has 0 radical (unpaired) electrons. The van der Waals surface area contributed by atoms with Gasteiger partial charge in [0.2, 0.25) is 0 Å². The Hall–Kier alpha value is -4.05. The van der Waals surface area contributed by atoms with E-state index in [9.17, 15) is 19.8 Å². The number of aryl methyl sites for hydroxylation is 3. The smallest absolute Gasteiger partial charge is 0.355 e. The average Bonchev–Trinajstić information content (AvgIpc) is 3.50. The summed E-state index contributed by atoms with van der Waals surface area (Å²) in [7, 11) is 0. The van der Waals surface area contributed by atoms with E-state index in [-0.39, 0.29) is 28.7 Å². The van der Waals surface area contributed by atoms with Crippen LogP contribution in [0.4, 0.5) is 11.4 Å². The predicted molar refractivity (Wildman–Crippen MR) is 131 cm³/mol. The van der Waals surface area contributed by atoms with Gasteiger partial charge in [0.1, 0.15) is 5.01 Å². The molecule has 0 bridgehead atoms. The Morgan fingerprint density at radius 1 is 1.18 bits per heavy atom. The van der Waals surface area contributed by atoms with Crippen LogP contribution in [0.2, 0.25) is 0 Å². The number of amides is 1. The summed E-state index contributed by atoms with van der Waals surface area (Å²) in [6.07, 6.45) is 3.17. The first-order valence-electron chi connectivity index (χ1n) is 10.7. The van der Waals surface area contributed by atoms with Gasteiger partial charge in [-0.2, -0.15) is 15.2 Å². The second kappa shape index (κ2) is 8.38. The van der Waals surface area contributed by atoms with E-state index in [1.807, 2.05) is 18.2 Å². The summed E-state index contributed by atoms with van der Waals surface area (Å²) in [6.45, 7) is 3.37. The Kier molecular flexibility index (Phi) is 5.37. The molecule has 0 spiro atoms. The van der Waals surface area contributed by atoms with Crippen LogP contribution >= 0.6 is 11.3 Å². The molecule has 1 aromatic heterocycles. The highest BCUT2D eigenvalue weighted by Crippen LogP contribution is 2.38. The highest BCUT2D eigenvalue weighted by atomic mass is 32.1. The molecule has 5 rings (SSSR count). The number of aromatic hydroxyl groups is 1. The third kappa shape index (κ3) is 3.71. The number of nitrogens with one attached hydrogen (secondary N) is 1. The number of hydrazone groups is 2. The number of benzene rings is 2. The first-order valence-corrected chi connectivity index (χ1v) is 11.5. The lowest BCUT2D eigenvalue weighted by molar-refractivity contribution is -0.112. The number of carbonyl (C=O) groups is 2. The van der Waals surface area contributed by atoms with Gasteiger partial charge in [0, 0.05) is 4.88 Å². The molecule has 0 atom stereocenters. The van der Waals surface area contributed by atoms with Crippen molar-refractivity contribution in [1.82, 2.24) is 4.98 Å². The average molecular weight is 476 g/mol. The van der Waals surface area contributed by atoms with Gasteiger partial charge in [-0.25, -0.2) is 9.78 Å². The second-order valence-corrected chi connectivity index (χ2v) is 9.32. The van der Waals surface area contributed by atoms with Gasteiger partial charge < -0.3 is 10.2 Å². The largest absolute Gasteiger partial charge is 0.505 e. The number of aromatic carboxylic acids is 1. The fourth-order valence-corrected chi connectivity index (χ4v) is 5.06. The summed E-state index contributed by atoms with van der Waals surface area (Å²) in [5, 5.41) is 30.3. The number of fused-ring (bicyclic) bond motifs is 1. The molecule has 2 aromatic carbocycles. The molecule has 2 aliphatic rings. The molecule has 0 saturated carbocycles. The van der Waals surface area contributed by atoms with E-state index in [2.05, 4.69) is 20.6 Å². The summed E-state index contributed by atoms with van der Waals surface area (Å²) < 4.78 is 0. The first-order chi connectivity index (χ1) is 16.3. The minimum absolute atomic E-state index is 0.0481. The minimum atomic E-state index is -1.12. The molecule has 3 aromatic rings. The molecule has 1 aliphatic carbocycles. The van der Waals surface area contributed by atoms with Crippen molar-refractivity contribution in [3.05, 3.63) is 58.1 Å². The molecule has 2 heterocycles. The zero-order chi connectivity index (χ0) is 24.0. The third-order valence-corrected chi connectivity index (χ3v) is 6.87. The van der Waals surface area contributed by atoms with Gasteiger partial charge in [-0.05, 0) is 68.5 Å². The van der Waals surface area contributed by atoms with Crippen LogP contribution in [0.3, 0.4) is 0 Å². The van der Waals surface area contributed by atoms with Crippen molar-refractivity contribution in [2.45, 2.75) is 33.1 Å². The van der Waals surface area contributed by atoms with Crippen molar-refractivity contribution in [1.29, 1.82) is 0 Å². The molecule has 0 fully saturated rings. The van der Waals surface area contributed by atoms with Crippen molar-refractivity contribution in [3.63, 3.8) is 0 Å². The molecule has 172 valence electrons. The Morgan fingerprint density at radius 2 is 1.97 bits per heavy atom. The van der Waals surface area contributed by atoms with Gasteiger partial charge in [-0.1, -0.05) is 12.1 Å². The molecule has 9 nitrogen and oxygen atoms in total. The van der Waals surface area contributed by atoms with Crippen LogP contribution < -0.4 is 10.4 Å². The van der Waals surface area contributed by atoms with Gasteiger partial charge in [0.15, 0.2) is 17.2 Å². The number of rotatable bonds is 5. The maximum Gasteiger partial charge on any atom is 0.355 e. The fraction of sp³-hybridized carbons (Fsp3) is 0.208. The minimum Gasteiger partial charge on any atom is -0.505 e. The highest BCUT2D eigenvalue weighted by molar-refractivity contribution is 7.15. The summed E-state index contributed by atoms with van der Waals surface area (Å²) in [5.41, 5.74) is 7.18. The van der Waals surface area contributed by atoms with Crippen LogP contribution in [0, 0.1) is 6.92 Å². The number of phenolic OH excluding ortho intramolecular Hbond substituents is 1. The van der Waals surface area contributed by atoms with Gasteiger partial charge >= 0.3 is 11.9 Å². The van der Waals surface area contributed by atoms with E-state index in [0.29, 0.717) is 26.8 Å². The SMILES string of the molecule is CC1=NN(c2ccc3c(c2)CCC3)C(=O)/C1=N\Nc1cccc(-c2nc(C(=O)O)c(C)s2)c1O. The molecule has 3 N–H and O–H groups in total. The van der Waals surface area contributed by atoms with Crippen LogP contribution in [0.5, 0.6) is 5.75 Å². The van der Waals surface area contributed by atoms with Crippen molar-refractivity contribution in [2.75, 3.05) is 10.4 Å². The van der Waals surface area contributed by atoms with Crippen molar-refractivity contribution in [2.24, 2.45) is 10.2 Å². The fourth-order valence-electron chi connectivity index (χ4n) is 4.12. The van der Waals surface area contributed by atoms with Crippen LogP contribution in [0.1, 0.15) is 39.8 Å². The van der Waals surface area contributed by atoms with E-state index >= 15 is 0 Å². The van der Waals surface area contributed by atoms with Gasteiger partial charge in [-0.3, -0.25) is 10.2 Å². The lowest BCUT2D eigenvalue weighted by Crippen LogP contribution is -2.28. The molecular formula is C24H21N5O4S. The molecule has 0 saturated heterocycles. The van der Waals surface area contributed by atoms with Crippen LogP contribution in [0.25, 0.3) is 10.6 Å². The third-order valence-electron chi connectivity index (χ3n) is 5.87. The highest BCUT2D eigenvalue weighted by Gasteiger charge is 2.31. The zero-order valence-corrected chi connectivity index (χ0v) is 19.3. The van der Waals surface area contributed by atoms with Crippen LogP contribution in [0.15, 0.2) is 46.6 Å². The number of hydrogen-bond acceptors (Lipinski definition) is 8. The number of carbonyl (C=O) groups excluding carboxylic acids is 1. The molecule has 1 aliphatic heterocycles. The predicted octanol–water partition coefficient (Wildman–Crippen LogP) is 4.20. The zero-order valence-electron chi connectivity index (χ0n) is 18.5. The molecule has 10 heteroatoms. The Balaban J connectivity index is 1.40. The Labute approximate surface area is 199 Å². The summed E-state index contributed by atoms with van der Waals surface area (Å²) in [4.78, 5) is 29.0. The number of para-hydroxylation sites is 1. The van der Waals surface area contributed by atoms with E-state index in [4.69, 9.17) is 0 Å². The van der Waals surface area contributed by atoms with Crippen LogP contribution in [-0.4, -0.2) is 38.5 Å². The number of thiazole rings is 1.